The molecule has 0 radical (unpaired) electrons. The lowest BCUT2D eigenvalue weighted by Crippen LogP contribution is -2.40. The summed E-state index contributed by atoms with van der Waals surface area (Å²) in [5.41, 5.74) is 0.764. The van der Waals surface area contributed by atoms with E-state index >= 15 is 0 Å². The lowest BCUT2D eigenvalue weighted by atomic mass is 9.93. The number of amides is 1. The molecular weight excluding hydrogens is 466 g/mol. The van der Waals surface area contributed by atoms with Crippen molar-refractivity contribution in [2.75, 3.05) is 24.6 Å². The molecule has 2 heterocycles. The Morgan fingerprint density at radius 1 is 1.14 bits per heavy atom. The standard InChI is InChI=1S/C26H30ClN5O3/c27-23-11-22(4-1-17(23)12-28)35-21-5-2-20(3-6-21)29-26(34)24-7-8-25(31-30-24)32-13-18-9-16(15-33)10-19(18)14-32/h1,4,7-8,11,16,18-21,33H,2-3,5-6,9-10,13-15H2,(H,29,34)/t16?,18-,19+,20?,21?. The summed E-state index contributed by atoms with van der Waals surface area (Å²) in [4.78, 5) is 15.0. The molecule has 1 saturated heterocycles. The number of ether oxygens (including phenoxy) is 1. The third-order valence-corrected chi connectivity index (χ3v) is 8.00. The average molecular weight is 496 g/mol. The van der Waals surface area contributed by atoms with Crippen molar-refractivity contribution in [1.82, 2.24) is 15.5 Å². The van der Waals surface area contributed by atoms with Crippen LogP contribution >= 0.6 is 11.6 Å². The fourth-order valence-electron chi connectivity index (χ4n) is 5.81. The molecule has 9 heteroatoms. The van der Waals surface area contributed by atoms with E-state index in [1.54, 1.807) is 24.3 Å². The van der Waals surface area contributed by atoms with Crippen molar-refractivity contribution < 1.29 is 14.6 Å². The number of aliphatic hydroxyl groups is 1. The van der Waals surface area contributed by atoms with Gasteiger partial charge >= 0.3 is 0 Å². The topological polar surface area (TPSA) is 111 Å². The monoisotopic (exact) mass is 495 g/mol. The molecular formula is C26H30ClN5O3. The Balaban J connectivity index is 1.08. The van der Waals surface area contributed by atoms with Crippen molar-refractivity contribution in [3.8, 4) is 11.8 Å². The first kappa shape index (κ1) is 23.8. The number of carbonyl (C=O) groups excluding carboxylic acids is 1. The van der Waals surface area contributed by atoms with Crippen molar-refractivity contribution in [3.05, 3.63) is 46.6 Å². The minimum Gasteiger partial charge on any atom is -0.490 e. The molecule has 5 rings (SSSR count). The molecule has 1 aromatic heterocycles. The van der Waals surface area contributed by atoms with Gasteiger partial charge in [-0.3, -0.25) is 4.79 Å². The van der Waals surface area contributed by atoms with Gasteiger partial charge in [0.05, 0.1) is 16.7 Å². The fourth-order valence-corrected chi connectivity index (χ4v) is 6.03. The number of carbonyl (C=O) groups is 1. The van der Waals surface area contributed by atoms with Crippen LogP contribution in [0.2, 0.25) is 5.02 Å². The molecule has 2 saturated carbocycles. The van der Waals surface area contributed by atoms with E-state index in [1.165, 1.54) is 0 Å². The van der Waals surface area contributed by atoms with Gasteiger partial charge in [-0.15, -0.1) is 10.2 Å². The molecule has 0 bridgehead atoms. The molecule has 3 fully saturated rings. The first-order chi connectivity index (χ1) is 17.0. The lowest BCUT2D eigenvalue weighted by Gasteiger charge is -2.29. The summed E-state index contributed by atoms with van der Waals surface area (Å²) in [5, 5.41) is 30.4. The second kappa shape index (κ2) is 10.4. The summed E-state index contributed by atoms with van der Waals surface area (Å²) >= 11 is 6.09. The van der Waals surface area contributed by atoms with E-state index in [0.29, 0.717) is 39.8 Å². The SMILES string of the molecule is N#Cc1ccc(OC2CCC(NC(=O)c3ccc(N4C[C@H]5CC(CO)C[C@H]5C4)nn3)CC2)cc1Cl. The summed E-state index contributed by atoms with van der Waals surface area (Å²) in [6.45, 7) is 2.18. The van der Waals surface area contributed by atoms with Crippen LogP contribution in [0.4, 0.5) is 5.82 Å². The third-order valence-electron chi connectivity index (χ3n) is 7.69. The number of rotatable bonds is 6. The summed E-state index contributed by atoms with van der Waals surface area (Å²) in [5.74, 6) is 2.95. The maximum atomic E-state index is 12.7. The quantitative estimate of drug-likeness (QED) is 0.630. The highest BCUT2D eigenvalue weighted by Gasteiger charge is 2.41. The molecule has 1 unspecified atom stereocenters. The van der Waals surface area contributed by atoms with Gasteiger partial charge in [0.25, 0.3) is 5.91 Å². The highest BCUT2D eigenvalue weighted by molar-refractivity contribution is 6.31. The van der Waals surface area contributed by atoms with E-state index in [2.05, 4.69) is 20.4 Å². The maximum absolute atomic E-state index is 12.7. The van der Waals surface area contributed by atoms with Crippen LogP contribution in [0.3, 0.4) is 0 Å². The Hall–Kier alpha value is -2.89. The molecule has 1 aliphatic heterocycles. The van der Waals surface area contributed by atoms with Crippen LogP contribution in [0.15, 0.2) is 30.3 Å². The Morgan fingerprint density at radius 3 is 2.49 bits per heavy atom. The van der Waals surface area contributed by atoms with E-state index in [1.807, 2.05) is 12.1 Å². The number of nitriles is 1. The van der Waals surface area contributed by atoms with Gasteiger partial charge in [-0.25, -0.2) is 0 Å². The number of hydrogen-bond acceptors (Lipinski definition) is 7. The van der Waals surface area contributed by atoms with Gasteiger partial charge in [-0.05, 0) is 80.5 Å². The normalized spacial score (nSPS) is 27.8. The second-order valence-corrected chi connectivity index (χ2v) is 10.4. The zero-order valence-corrected chi connectivity index (χ0v) is 20.3. The number of anilines is 1. The first-order valence-electron chi connectivity index (χ1n) is 12.4. The fraction of sp³-hybridized carbons (Fsp3) is 0.538. The van der Waals surface area contributed by atoms with Crippen LogP contribution < -0.4 is 15.0 Å². The number of nitrogens with zero attached hydrogens (tertiary/aromatic N) is 4. The van der Waals surface area contributed by atoms with Gasteiger partial charge in [0.2, 0.25) is 0 Å². The average Bonchev–Trinajstić information content (AvgIpc) is 3.45. The van der Waals surface area contributed by atoms with Gasteiger partial charge < -0.3 is 20.1 Å². The van der Waals surface area contributed by atoms with Crippen LogP contribution in [0.5, 0.6) is 5.75 Å². The Morgan fingerprint density at radius 2 is 1.89 bits per heavy atom. The first-order valence-corrected chi connectivity index (χ1v) is 12.8. The Labute approximate surface area is 210 Å². The second-order valence-electron chi connectivity index (χ2n) is 10.0. The molecule has 1 amide bonds. The van der Waals surface area contributed by atoms with Crippen molar-refractivity contribution in [2.24, 2.45) is 17.8 Å². The minimum absolute atomic E-state index is 0.0545. The minimum atomic E-state index is -0.198. The van der Waals surface area contributed by atoms with Gasteiger partial charge in [-0.2, -0.15) is 5.26 Å². The maximum Gasteiger partial charge on any atom is 0.272 e. The number of hydrogen-bond donors (Lipinski definition) is 2. The molecule has 0 spiro atoms. The van der Waals surface area contributed by atoms with Crippen molar-refractivity contribution >= 4 is 23.3 Å². The van der Waals surface area contributed by atoms with Crippen LogP contribution in [0.1, 0.15) is 54.6 Å². The van der Waals surface area contributed by atoms with Crippen molar-refractivity contribution in [1.29, 1.82) is 5.26 Å². The van der Waals surface area contributed by atoms with Crippen molar-refractivity contribution in [2.45, 2.75) is 50.7 Å². The predicted molar refractivity (Wildman–Crippen MR) is 131 cm³/mol. The molecule has 2 aliphatic carbocycles. The molecule has 3 aliphatic rings. The summed E-state index contributed by atoms with van der Waals surface area (Å²) in [6.07, 6.45) is 5.50. The number of nitrogens with one attached hydrogen (secondary N) is 1. The molecule has 35 heavy (non-hydrogen) atoms. The molecule has 184 valence electrons. The summed E-state index contributed by atoms with van der Waals surface area (Å²) in [7, 11) is 0. The molecule has 1 aromatic carbocycles. The smallest absolute Gasteiger partial charge is 0.272 e. The zero-order chi connectivity index (χ0) is 24.4. The number of benzene rings is 1. The number of aliphatic hydroxyl groups excluding tert-OH is 1. The Bertz CT molecular complexity index is 1080. The molecule has 8 nitrogen and oxygen atoms in total. The Kier molecular flexibility index (Phi) is 7.07. The largest absolute Gasteiger partial charge is 0.490 e. The predicted octanol–water partition coefficient (Wildman–Crippen LogP) is 3.58. The van der Waals surface area contributed by atoms with Crippen LogP contribution in [0.25, 0.3) is 0 Å². The molecule has 3 atom stereocenters. The van der Waals surface area contributed by atoms with Gasteiger partial charge in [0.1, 0.15) is 11.8 Å². The number of aromatic nitrogens is 2. The van der Waals surface area contributed by atoms with E-state index in [-0.39, 0.29) is 24.7 Å². The third kappa shape index (κ3) is 5.36. The van der Waals surface area contributed by atoms with Gasteiger partial charge in [0.15, 0.2) is 11.5 Å². The van der Waals surface area contributed by atoms with Crippen LogP contribution in [-0.4, -0.2) is 53.1 Å². The van der Waals surface area contributed by atoms with E-state index in [4.69, 9.17) is 21.6 Å². The van der Waals surface area contributed by atoms with E-state index in [0.717, 1.165) is 57.4 Å². The molecule has 2 N–H and O–H groups in total. The van der Waals surface area contributed by atoms with Crippen LogP contribution in [-0.2, 0) is 0 Å². The molecule has 2 aromatic rings. The van der Waals surface area contributed by atoms with Crippen LogP contribution in [0, 0.1) is 29.1 Å². The highest BCUT2D eigenvalue weighted by atomic mass is 35.5. The van der Waals surface area contributed by atoms with E-state index < -0.39 is 0 Å². The lowest BCUT2D eigenvalue weighted by molar-refractivity contribution is 0.0888. The van der Waals surface area contributed by atoms with E-state index in [9.17, 15) is 9.90 Å². The highest BCUT2D eigenvalue weighted by Crippen LogP contribution is 2.42. The summed E-state index contributed by atoms with van der Waals surface area (Å²) < 4.78 is 6.03. The van der Waals surface area contributed by atoms with Gasteiger partial charge in [0, 0.05) is 31.8 Å². The number of fused-ring (bicyclic) bond motifs is 1. The zero-order valence-electron chi connectivity index (χ0n) is 19.6. The van der Waals surface area contributed by atoms with Crippen molar-refractivity contribution in [3.63, 3.8) is 0 Å². The summed E-state index contributed by atoms with van der Waals surface area (Å²) in [6, 6.07) is 10.9. The van der Waals surface area contributed by atoms with Gasteiger partial charge in [-0.1, -0.05) is 11.6 Å². The number of halogens is 1.